The van der Waals surface area contributed by atoms with Crippen molar-refractivity contribution in [2.75, 3.05) is 19.7 Å². The van der Waals surface area contributed by atoms with E-state index < -0.39 is 11.7 Å². The molecule has 5 heteroatoms. The van der Waals surface area contributed by atoms with Crippen molar-refractivity contribution in [3.8, 4) is 0 Å². The van der Waals surface area contributed by atoms with Crippen LogP contribution in [0.2, 0.25) is 0 Å². The number of rotatable bonds is 1. The summed E-state index contributed by atoms with van der Waals surface area (Å²) >= 11 is 0. The van der Waals surface area contributed by atoms with Crippen molar-refractivity contribution in [3.05, 3.63) is 42.1 Å². The van der Waals surface area contributed by atoms with Crippen molar-refractivity contribution < 1.29 is 14.6 Å². The van der Waals surface area contributed by atoms with E-state index in [9.17, 15) is 9.90 Å². The lowest BCUT2D eigenvalue weighted by atomic mass is 9.82. The Balaban J connectivity index is 1.54. The van der Waals surface area contributed by atoms with Gasteiger partial charge in [0.15, 0.2) is 0 Å². The molecule has 5 nitrogen and oxygen atoms in total. The van der Waals surface area contributed by atoms with Crippen LogP contribution in [0.5, 0.6) is 0 Å². The minimum atomic E-state index is -0.449. The highest BCUT2D eigenvalue weighted by atomic mass is 16.5. The minimum Gasteiger partial charge on any atom is -0.390 e. The van der Waals surface area contributed by atoms with E-state index in [1.807, 2.05) is 35.2 Å². The number of amides is 1. The number of likely N-dealkylation sites (tertiary alicyclic amines) is 1. The molecule has 1 N–H and O–H groups in total. The molecule has 1 aromatic carbocycles. The number of hydrogen-bond donors (Lipinski definition) is 1. The number of fused-ring (bicyclic) bond motifs is 1. The number of benzene rings is 1. The number of hydrogen-bond acceptors (Lipinski definition) is 4. The van der Waals surface area contributed by atoms with Gasteiger partial charge in [-0.2, -0.15) is 0 Å². The van der Waals surface area contributed by atoms with E-state index in [1.165, 1.54) is 0 Å². The van der Waals surface area contributed by atoms with E-state index in [1.54, 1.807) is 6.20 Å². The maximum absolute atomic E-state index is 13.0. The second-order valence-electron chi connectivity index (χ2n) is 6.74. The number of aromatic nitrogens is 1. The molecule has 2 aromatic rings. The fourth-order valence-corrected chi connectivity index (χ4v) is 3.94. The molecular formula is C19H22N2O3. The molecule has 1 amide bonds. The fraction of sp³-hybridized carbons (Fsp3) is 0.474. The van der Waals surface area contributed by atoms with Gasteiger partial charge in [-0.25, -0.2) is 0 Å². The molecule has 126 valence electrons. The summed E-state index contributed by atoms with van der Waals surface area (Å²) in [5.41, 5.74) is 1.08. The molecule has 1 atom stereocenters. The van der Waals surface area contributed by atoms with E-state index in [0.29, 0.717) is 38.1 Å². The summed E-state index contributed by atoms with van der Waals surface area (Å²) < 4.78 is 5.92. The van der Waals surface area contributed by atoms with Crippen LogP contribution in [-0.4, -0.2) is 52.3 Å². The first-order valence-corrected chi connectivity index (χ1v) is 8.65. The summed E-state index contributed by atoms with van der Waals surface area (Å²) in [5.74, 6) is 0.0359. The molecule has 0 unspecified atom stereocenters. The number of piperidine rings is 1. The van der Waals surface area contributed by atoms with E-state index >= 15 is 0 Å². The lowest BCUT2D eigenvalue weighted by Gasteiger charge is -2.46. The Hall–Kier alpha value is -1.98. The molecule has 2 aliphatic heterocycles. The second kappa shape index (κ2) is 6.15. The Labute approximate surface area is 141 Å². The molecule has 2 saturated heterocycles. The number of aliphatic hydroxyl groups excluding tert-OH is 1. The molecule has 3 heterocycles. The van der Waals surface area contributed by atoms with Crippen molar-refractivity contribution in [3.63, 3.8) is 0 Å². The summed E-state index contributed by atoms with van der Waals surface area (Å²) in [6, 6.07) is 9.46. The van der Waals surface area contributed by atoms with Crippen LogP contribution in [0.25, 0.3) is 10.9 Å². The molecular weight excluding hydrogens is 304 g/mol. The first-order chi connectivity index (χ1) is 11.7. The van der Waals surface area contributed by atoms with Gasteiger partial charge in [0.1, 0.15) is 0 Å². The van der Waals surface area contributed by atoms with Crippen LogP contribution in [0.3, 0.4) is 0 Å². The van der Waals surface area contributed by atoms with Crippen LogP contribution in [0.1, 0.15) is 36.0 Å². The Morgan fingerprint density at radius 2 is 2.08 bits per heavy atom. The Bertz CT molecular complexity index is 748. The molecule has 1 spiro atoms. The smallest absolute Gasteiger partial charge is 0.254 e. The van der Waals surface area contributed by atoms with Crippen molar-refractivity contribution in [1.29, 1.82) is 0 Å². The van der Waals surface area contributed by atoms with Gasteiger partial charge in [0, 0.05) is 36.8 Å². The summed E-state index contributed by atoms with van der Waals surface area (Å²) in [6.45, 7) is 1.94. The molecule has 0 saturated carbocycles. The number of nitrogens with zero attached hydrogens (tertiary/aromatic N) is 2. The Morgan fingerprint density at radius 1 is 1.25 bits per heavy atom. The van der Waals surface area contributed by atoms with Gasteiger partial charge in [-0.1, -0.05) is 12.1 Å². The molecule has 4 rings (SSSR count). The molecule has 0 aliphatic carbocycles. The van der Waals surface area contributed by atoms with E-state index in [4.69, 9.17) is 4.74 Å². The van der Waals surface area contributed by atoms with Crippen LogP contribution in [0, 0.1) is 0 Å². The lowest BCUT2D eigenvalue weighted by Crippen LogP contribution is -2.56. The molecule has 2 aliphatic rings. The van der Waals surface area contributed by atoms with Crippen LogP contribution in [-0.2, 0) is 4.74 Å². The topological polar surface area (TPSA) is 62.7 Å². The van der Waals surface area contributed by atoms with Crippen LogP contribution in [0.4, 0.5) is 0 Å². The van der Waals surface area contributed by atoms with E-state index in [0.717, 1.165) is 23.7 Å². The van der Waals surface area contributed by atoms with Gasteiger partial charge < -0.3 is 14.7 Å². The third kappa shape index (κ3) is 2.58. The first-order valence-electron chi connectivity index (χ1n) is 8.65. The van der Waals surface area contributed by atoms with Crippen LogP contribution in [0.15, 0.2) is 36.5 Å². The van der Waals surface area contributed by atoms with Crippen molar-refractivity contribution in [1.82, 2.24) is 9.88 Å². The van der Waals surface area contributed by atoms with E-state index in [-0.39, 0.29) is 5.91 Å². The van der Waals surface area contributed by atoms with E-state index in [2.05, 4.69) is 4.98 Å². The zero-order valence-corrected chi connectivity index (χ0v) is 13.6. The number of carbonyl (C=O) groups excluding carboxylic acids is 1. The summed E-state index contributed by atoms with van der Waals surface area (Å²) in [7, 11) is 0. The average molecular weight is 326 g/mol. The van der Waals surface area contributed by atoms with Gasteiger partial charge in [0.05, 0.1) is 17.2 Å². The first kappa shape index (κ1) is 15.5. The standard InChI is InChI=1S/C19H22N2O3/c22-17-7-3-13-24-19(17)8-11-21(12-9-19)18(23)15-4-1-6-16-14(15)5-2-10-20-16/h1-2,4-6,10,17,22H,3,7-9,11-13H2/t17-/m0/s1. The van der Waals surface area contributed by atoms with Crippen molar-refractivity contribution in [2.45, 2.75) is 37.4 Å². The van der Waals surface area contributed by atoms with Crippen LogP contribution < -0.4 is 0 Å². The number of pyridine rings is 1. The van der Waals surface area contributed by atoms with Gasteiger partial charge in [0.25, 0.3) is 5.91 Å². The summed E-state index contributed by atoms with van der Waals surface area (Å²) in [4.78, 5) is 19.2. The van der Waals surface area contributed by atoms with Crippen molar-refractivity contribution >= 4 is 16.8 Å². The third-order valence-electron chi connectivity index (χ3n) is 5.39. The highest BCUT2D eigenvalue weighted by molar-refractivity contribution is 6.06. The predicted molar refractivity (Wildman–Crippen MR) is 90.8 cm³/mol. The molecule has 24 heavy (non-hydrogen) atoms. The highest BCUT2D eigenvalue weighted by Gasteiger charge is 2.44. The van der Waals surface area contributed by atoms with Gasteiger partial charge in [0.2, 0.25) is 0 Å². The van der Waals surface area contributed by atoms with Crippen molar-refractivity contribution in [2.24, 2.45) is 0 Å². The summed E-state index contributed by atoms with van der Waals surface area (Å²) in [5, 5.41) is 11.2. The Kier molecular flexibility index (Phi) is 3.98. The minimum absolute atomic E-state index is 0.0359. The third-order valence-corrected chi connectivity index (χ3v) is 5.39. The van der Waals surface area contributed by atoms with Gasteiger partial charge in [-0.15, -0.1) is 0 Å². The fourth-order valence-electron chi connectivity index (χ4n) is 3.94. The number of aliphatic hydroxyl groups is 1. The zero-order chi connectivity index (χ0) is 16.6. The monoisotopic (exact) mass is 326 g/mol. The quantitative estimate of drug-likeness (QED) is 0.874. The average Bonchev–Trinajstić information content (AvgIpc) is 2.64. The molecule has 0 bridgehead atoms. The lowest BCUT2D eigenvalue weighted by molar-refractivity contribution is -0.174. The summed E-state index contributed by atoms with van der Waals surface area (Å²) in [6.07, 6.45) is 4.43. The highest BCUT2D eigenvalue weighted by Crippen LogP contribution is 2.35. The van der Waals surface area contributed by atoms with Gasteiger partial charge in [-0.05, 0) is 43.9 Å². The SMILES string of the molecule is O=C(c1cccc2ncccc12)N1CCC2(CC1)OCCC[C@@H]2O. The molecule has 1 aromatic heterocycles. The predicted octanol–water partition coefficient (Wildman–Crippen LogP) is 2.38. The second-order valence-corrected chi connectivity index (χ2v) is 6.74. The number of carbonyl (C=O) groups is 1. The molecule has 0 radical (unpaired) electrons. The Morgan fingerprint density at radius 3 is 2.88 bits per heavy atom. The maximum Gasteiger partial charge on any atom is 0.254 e. The molecule has 2 fully saturated rings. The van der Waals surface area contributed by atoms with Gasteiger partial charge >= 0.3 is 0 Å². The van der Waals surface area contributed by atoms with Gasteiger partial charge in [-0.3, -0.25) is 9.78 Å². The maximum atomic E-state index is 13.0. The normalized spacial score (nSPS) is 23.5. The largest absolute Gasteiger partial charge is 0.390 e. The van der Waals surface area contributed by atoms with Crippen LogP contribution >= 0.6 is 0 Å². The number of ether oxygens (including phenoxy) is 1. The zero-order valence-electron chi connectivity index (χ0n) is 13.6.